The monoisotopic (exact) mass is 243 g/mol. The molecule has 1 unspecified atom stereocenters. The normalized spacial score (nSPS) is 19.3. The average Bonchev–Trinajstić information content (AvgIpc) is 3.06. The number of para-hydroxylation sites is 1. The maximum Gasteiger partial charge on any atom is 0.256 e. The van der Waals surface area contributed by atoms with Gasteiger partial charge in [-0.05, 0) is 25.1 Å². The van der Waals surface area contributed by atoms with Gasteiger partial charge < -0.3 is 15.2 Å². The van der Waals surface area contributed by atoms with Gasteiger partial charge in [-0.1, -0.05) is 12.1 Å². The van der Waals surface area contributed by atoms with Gasteiger partial charge in [0.1, 0.15) is 0 Å². The van der Waals surface area contributed by atoms with Gasteiger partial charge in [0.15, 0.2) is 0 Å². The fraction of sp³-hybridized carbons (Fsp3) is 0.357. The Morgan fingerprint density at radius 2 is 2.28 bits per heavy atom. The Bertz CT molecular complexity index is 569. The molecule has 0 aliphatic carbocycles. The van der Waals surface area contributed by atoms with Crippen molar-refractivity contribution < 1.29 is 4.79 Å². The zero-order chi connectivity index (χ0) is 12.5. The molecule has 1 fully saturated rings. The van der Waals surface area contributed by atoms with Crippen molar-refractivity contribution in [2.75, 3.05) is 20.1 Å². The molecule has 2 aromatic rings. The van der Waals surface area contributed by atoms with Crippen LogP contribution in [0.1, 0.15) is 16.8 Å². The fourth-order valence-corrected chi connectivity index (χ4v) is 2.59. The minimum Gasteiger partial charge on any atom is -0.361 e. The first-order chi connectivity index (χ1) is 8.77. The summed E-state index contributed by atoms with van der Waals surface area (Å²) in [5.74, 6) is 0.0942. The van der Waals surface area contributed by atoms with Gasteiger partial charge in [0.25, 0.3) is 5.91 Å². The number of H-pyrrole nitrogens is 1. The number of aromatic nitrogens is 1. The van der Waals surface area contributed by atoms with Crippen molar-refractivity contribution in [1.82, 2.24) is 15.2 Å². The number of amides is 1. The molecule has 0 bridgehead atoms. The molecule has 1 aromatic heterocycles. The van der Waals surface area contributed by atoms with E-state index in [9.17, 15) is 4.79 Å². The highest BCUT2D eigenvalue weighted by molar-refractivity contribution is 6.05. The van der Waals surface area contributed by atoms with Crippen LogP contribution < -0.4 is 5.32 Å². The molecule has 1 aromatic carbocycles. The Kier molecular flexibility index (Phi) is 2.80. The molecular formula is C14H17N3O. The highest BCUT2D eigenvalue weighted by Gasteiger charge is 2.25. The van der Waals surface area contributed by atoms with E-state index < -0.39 is 0 Å². The van der Waals surface area contributed by atoms with Crippen LogP contribution in [-0.4, -0.2) is 42.0 Å². The van der Waals surface area contributed by atoms with Crippen LogP contribution in [0.3, 0.4) is 0 Å². The maximum absolute atomic E-state index is 12.5. The van der Waals surface area contributed by atoms with Gasteiger partial charge in [-0.15, -0.1) is 0 Å². The largest absolute Gasteiger partial charge is 0.361 e. The van der Waals surface area contributed by atoms with Gasteiger partial charge >= 0.3 is 0 Å². The lowest BCUT2D eigenvalue weighted by molar-refractivity contribution is 0.0745. The summed E-state index contributed by atoms with van der Waals surface area (Å²) in [6.07, 6.45) is 2.90. The quantitative estimate of drug-likeness (QED) is 0.841. The van der Waals surface area contributed by atoms with E-state index in [-0.39, 0.29) is 5.91 Å². The molecule has 1 atom stereocenters. The number of likely N-dealkylation sites (N-methyl/N-ethyl adjacent to an activating group) is 1. The molecule has 1 saturated heterocycles. The Balaban J connectivity index is 1.93. The molecular weight excluding hydrogens is 226 g/mol. The third-order valence-electron chi connectivity index (χ3n) is 3.72. The van der Waals surface area contributed by atoms with Crippen LogP contribution >= 0.6 is 0 Å². The van der Waals surface area contributed by atoms with Gasteiger partial charge in [0, 0.05) is 31.2 Å². The molecule has 1 aliphatic heterocycles. The molecule has 0 spiro atoms. The van der Waals surface area contributed by atoms with Crippen LogP contribution in [0, 0.1) is 0 Å². The number of aromatic amines is 1. The van der Waals surface area contributed by atoms with E-state index in [1.807, 2.05) is 42.4 Å². The van der Waals surface area contributed by atoms with Crippen LogP contribution in [0.2, 0.25) is 0 Å². The highest BCUT2D eigenvalue weighted by atomic mass is 16.2. The number of fused-ring (bicyclic) bond motifs is 1. The van der Waals surface area contributed by atoms with E-state index in [0.717, 1.165) is 36.0 Å². The molecule has 18 heavy (non-hydrogen) atoms. The van der Waals surface area contributed by atoms with Crippen molar-refractivity contribution in [3.8, 4) is 0 Å². The minimum absolute atomic E-state index is 0.0942. The van der Waals surface area contributed by atoms with Crippen molar-refractivity contribution in [1.29, 1.82) is 0 Å². The van der Waals surface area contributed by atoms with Crippen molar-refractivity contribution in [2.24, 2.45) is 0 Å². The van der Waals surface area contributed by atoms with E-state index >= 15 is 0 Å². The molecule has 2 heterocycles. The van der Waals surface area contributed by atoms with E-state index in [2.05, 4.69) is 10.3 Å². The molecule has 0 radical (unpaired) electrons. The summed E-state index contributed by atoms with van der Waals surface area (Å²) >= 11 is 0. The number of carbonyl (C=O) groups excluding carboxylic acids is 1. The predicted molar refractivity (Wildman–Crippen MR) is 71.7 cm³/mol. The standard InChI is InChI=1S/C14H17N3O/c1-17(11-6-7-15-9-11)14(18)12-4-2-3-10-5-8-16-13(10)12/h2-5,8,11,15-16H,6-7,9H2,1H3. The summed E-state index contributed by atoms with van der Waals surface area (Å²) in [5, 5.41) is 4.37. The first kappa shape index (κ1) is 11.3. The number of rotatable bonds is 2. The number of carbonyl (C=O) groups is 1. The Morgan fingerprint density at radius 1 is 1.39 bits per heavy atom. The number of nitrogens with one attached hydrogen (secondary N) is 2. The zero-order valence-corrected chi connectivity index (χ0v) is 10.4. The van der Waals surface area contributed by atoms with Crippen LogP contribution in [0.4, 0.5) is 0 Å². The van der Waals surface area contributed by atoms with Crippen molar-refractivity contribution in [2.45, 2.75) is 12.5 Å². The highest BCUT2D eigenvalue weighted by Crippen LogP contribution is 2.19. The van der Waals surface area contributed by atoms with E-state index in [1.165, 1.54) is 0 Å². The number of hydrogen-bond acceptors (Lipinski definition) is 2. The summed E-state index contributed by atoms with van der Waals surface area (Å²) in [6.45, 7) is 1.89. The van der Waals surface area contributed by atoms with Gasteiger partial charge in [-0.2, -0.15) is 0 Å². The first-order valence-electron chi connectivity index (χ1n) is 6.31. The summed E-state index contributed by atoms with van der Waals surface area (Å²) in [4.78, 5) is 17.5. The smallest absolute Gasteiger partial charge is 0.256 e. The van der Waals surface area contributed by atoms with Gasteiger partial charge in [-0.25, -0.2) is 0 Å². The predicted octanol–water partition coefficient (Wildman–Crippen LogP) is 1.60. The Morgan fingerprint density at radius 3 is 3.06 bits per heavy atom. The topological polar surface area (TPSA) is 48.1 Å². The molecule has 1 aliphatic rings. The Labute approximate surface area is 106 Å². The second-order valence-corrected chi connectivity index (χ2v) is 4.81. The van der Waals surface area contributed by atoms with Gasteiger partial charge in [0.2, 0.25) is 0 Å². The van der Waals surface area contributed by atoms with Crippen LogP contribution in [0.15, 0.2) is 30.5 Å². The lowest BCUT2D eigenvalue weighted by atomic mass is 10.1. The number of hydrogen-bond donors (Lipinski definition) is 2. The van der Waals surface area contributed by atoms with Crippen molar-refractivity contribution in [3.63, 3.8) is 0 Å². The lowest BCUT2D eigenvalue weighted by Gasteiger charge is -2.24. The van der Waals surface area contributed by atoms with Crippen molar-refractivity contribution in [3.05, 3.63) is 36.0 Å². The summed E-state index contributed by atoms with van der Waals surface area (Å²) in [7, 11) is 1.89. The molecule has 3 rings (SSSR count). The SMILES string of the molecule is CN(C(=O)c1cccc2cc[nH]c12)C1CCNC1. The van der Waals surface area contributed by atoms with Crippen LogP contribution in [-0.2, 0) is 0 Å². The number of nitrogens with zero attached hydrogens (tertiary/aromatic N) is 1. The van der Waals surface area contributed by atoms with Gasteiger partial charge in [-0.3, -0.25) is 4.79 Å². The minimum atomic E-state index is 0.0942. The molecule has 94 valence electrons. The maximum atomic E-state index is 12.5. The number of benzene rings is 1. The third-order valence-corrected chi connectivity index (χ3v) is 3.72. The lowest BCUT2D eigenvalue weighted by Crippen LogP contribution is -2.38. The molecule has 4 heteroatoms. The Hall–Kier alpha value is -1.81. The fourth-order valence-electron chi connectivity index (χ4n) is 2.59. The first-order valence-corrected chi connectivity index (χ1v) is 6.31. The summed E-state index contributed by atoms with van der Waals surface area (Å²) in [5.41, 5.74) is 1.69. The molecule has 2 N–H and O–H groups in total. The van der Waals surface area contributed by atoms with Crippen LogP contribution in [0.25, 0.3) is 10.9 Å². The summed E-state index contributed by atoms with van der Waals surface area (Å²) in [6, 6.07) is 8.13. The summed E-state index contributed by atoms with van der Waals surface area (Å²) < 4.78 is 0. The van der Waals surface area contributed by atoms with Gasteiger partial charge in [0.05, 0.1) is 11.1 Å². The van der Waals surface area contributed by atoms with E-state index in [4.69, 9.17) is 0 Å². The third kappa shape index (κ3) is 1.78. The second-order valence-electron chi connectivity index (χ2n) is 4.81. The molecule has 4 nitrogen and oxygen atoms in total. The molecule has 0 saturated carbocycles. The zero-order valence-electron chi connectivity index (χ0n) is 10.4. The molecule has 1 amide bonds. The van der Waals surface area contributed by atoms with E-state index in [1.54, 1.807) is 0 Å². The van der Waals surface area contributed by atoms with Crippen LogP contribution in [0.5, 0.6) is 0 Å². The second kappa shape index (κ2) is 4.46. The average molecular weight is 243 g/mol. The van der Waals surface area contributed by atoms with E-state index in [0.29, 0.717) is 6.04 Å². The van der Waals surface area contributed by atoms with Crippen molar-refractivity contribution >= 4 is 16.8 Å².